The van der Waals surface area contributed by atoms with E-state index in [9.17, 15) is 19.8 Å². The number of fused-ring (bicyclic) bond motifs is 1. The van der Waals surface area contributed by atoms with E-state index in [-0.39, 0.29) is 5.70 Å². The lowest BCUT2D eigenvalue weighted by atomic mass is 10.1. The molecule has 2 atom stereocenters. The summed E-state index contributed by atoms with van der Waals surface area (Å²) in [7, 11) is 0. The van der Waals surface area contributed by atoms with Crippen molar-refractivity contribution in [3.8, 4) is 0 Å². The van der Waals surface area contributed by atoms with Crippen molar-refractivity contribution in [2.24, 2.45) is 0 Å². The van der Waals surface area contributed by atoms with E-state index in [1.165, 1.54) is 4.90 Å². The molecule has 3 rings (SSSR count). The number of carbonyl (C=O) groups is 2. The predicted molar refractivity (Wildman–Crippen MR) is 96.3 cm³/mol. The molecule has 0 saturated heterocycles. The molecule has 1 unspecified atom stereocenters. The molecular formula is C20H20N2O4. The van der Waals surface area contributed by atoms with Gasteiger partial charge < -0.3 is 20.4 Å². The van der Waals surface area contributed by atoms with Crippen LogP contribution < -0.4 is 5.32 Å². The highest BCUT2D eigenvalue weighted by Gasteiger charge is 2.35. The smallest absolute Gasteiger partial charge is 0.256 e. The highest BCUT2D eigenvalue weighted by Crippen LogP contribution is 2.23. The third-order valence-corrected chi connectivity index (χ3v) is 4.37. The van der Waals surface area contributed by atoms with Gasteiger partial charge in [-0.05, 0) is 16.7 Å². The highest BCUT2D eigenvalue weighted by atomic mass is 16.3. The van der Waals surface area contributed by atoms with Gasteiger partial charge in [-0.15, -0.1) is 0 Å². The van der Waals surface area contributed by atoms with Crippen molar-refractivity contribution in [3.63, 3.8) is 0 Å². The van der Waals surface area contributed by atoms with E-state index in [1.54, 1.807) is 24.3 Å². The summed E-state index contributed by atoms with van der Waals surface area (Å²) in [6.45, 7) is 4.42. The van der Waals surface area contributed by atoms with Crippen LogP contribution in [0.5, 0.6) is 0 Å². The van der Waals surface area contributed by atoms with Crippen LogP contribution in [0.25, 0.3) is 5.70 Å². The standard InChI is InChI=1S/C20H20N2O4/c1-13(14-7-3-2-4-8-14)21-19(25)17(23)18(24)20(26)22-11-15-9-5-6-10-16(15)12-22/h2-10,17-18,23-24H,1,11-12H2,(H,21,25)/t17?,18-/m1/s1. The molecule has 0 spiro atoms. The minimum Gasteiger partial charge on any atom is -0.380 e. The number of amides is 2. The van der Waals surface area contributed by atoms with Gasteiger partial charge in [-0.25, -0.2) is 0 Å². The molecule has 0 fully saturated rings. The van der Waals surface area contributed by atoms with Gasteiger partial charge in [0.25, 0.3) is 11.8 Å². The third-order valence-electron chi connectivity index (χ3n) is 4.37. The minimum absolute atomic E-state index is 0.280. The Labute approximate surface area is 151 Å². The molecule has 26 heavy (non-hydrogen) atoms. The Bertz CT molecular complexity index is 810. The number of rotatable bonds is 5. The highest BCUT2D eigenvalue weighted by molar-refractivity contribution is 5.94. The van der Waals surface area contributed by atoms with Crippen molar-refractivity contribution in [3.05, 3.63) is 77.9 Å². The summed E-state index contributed by atoms with van der Waals surface area (Å²) >= 11 is 0. The van der Waals surface area contributed by atoms with Crippen LogP contribution in [0.2, 0.25) is 0 Å². The maximum atomic E-state index is 12.4. The molecule has 2 amide bonds. The first kappa shape index (κ1) is 17.8. The van der Waals surface area contributed by atoms with E-state index in [0.717, 1.165) is 11.1 Å². The van der Waals surface area contributed by atoms with Crippen LogP contribution in [-0.4, -0.2) is 39.1 Å². The van der Waals surface area contributed by atoms with Gasteiger partial charge in [-0.3, -0.25) is 9.59 Å². The van der Waals surface area contributed by atoms with Crippen LogP contribution in [0.3, 0.4) is 0 Å². The Balaban J connectivity index is 1.60. The van der Waals surface area contributed by atoms with E-state index in [2.05, 4.69) is 11.9 Å². The van der Waals surface area contributed by atoms with Crippen molar-refractivity contribution < 1.29 is 19.8 Å². The molecule has 3 N–H and O–H groups in total. The molecule has 1 aliphatic heterocycles. The Morgan fingerprint density at radius 3 is 2.04 bits per heavy atom. The van der Waals surface area contributed by atoms with Crippen molar-refractivity contribution in [2.75, 3.05) is 0 Å². The second kappa shape index (κ2) is 7.51. The molecule has 0 saturated carbocycles. The molecule has 2 aromatic carbocycles. The zero-order valence-electron chi connectivity index (χ0n) is 14.1. The van der Waals surface area contributed by atoms with E-state index in [0.29, 0.717) is 18.7 Å². The number of carbonyl (C=O) groups excluding carboxylic acids is 2. The molecule has 0 aromatic heterocycles. The molecule has 6 heteroatoms. The molecular weight excluding hydrogens is 332 g/mol. The van der Waals surface area contributed by atoms with E-state index < -0.39 is 24.0 Å². The van der Waals surface area contributed by atoms with Crippen LogP contribution in [-0.2, 0) is 22.7 Å². The molecule has 0 bridgehead atoms. The predicted octanol–water partition coefficient (Wildman–Crippen LogP) is 1.04. The van der Waals surface area contributed by atoms with Gasteiger partial charge in [0.2, 0.25) is 0 Å². The monoisotopic (exact) mass is 352 g/mol. The zero-order valence-corrected chi connectivity index (χ0v) is 14.1. The third kappa shape index (κ3) is 3.66. The second-order valence-electron chi connectivity index (χ2n) is 6.19. The lowest BCUT2D eigenvalue weighted by Crippen LogP contribution is -2.49. The van der Waals surface area contributed by atoms with Gasteiger partial charge in [-0.1, -0.05) is 61.2 Å². The first-order valence-electron chi connectivity index (χ1n) is 8.24. The van der Waals surface area contributed by atoms with E-state index in [1.807, 2.05) is 30.3 Å². The van der Waals surface area contributed by atoms with Crippen LogP contribution in [0.4, 0.5) is 0 Å². The number of benzene rings is 2. The maximum absolute atomic E-state index is 12.4. The van der Waals surface area contributed by atoms with Gasteiger partial charge in [0.15, 0.2) is 12.2 Å². The number of aliphatic hydroxyl groups is 2. The summed E-state index contributed by atoms with van der Waals surface area (Å²) in [5, 5.41) is 22.7. The summed E-state index contributed by atoms with van der Waals surface area (Å²) in [5.74, 6) is -1.56. The van der Waals surface area contributed by atoms with Gasteiger partial charge in [0.05, 0.1) is 0 Å². The van der Waals surface area contributed by atoms with Crippen LogP contribution in [0, 0.1) is 0 Å². The minimum atomic E-state index is -1.88. The summed E-state index contributed by atoms with van der Waals surface area (Å²) < 4.78 is 0. The van der Waals surface area contributed by atoms with Crippen molar-refractivity contribution in [1.29, 1.82) is 0 Å². The van der Waals surface area contributed by atoms with Crippen LogP contribution >= 0.6 is 0 Å². The van der Waals surface area contributed by atoms with Crippen LogP contribution in [0.1, 0.15) is 16.7 Å². The summed E-state index contributed by atoms with van der Waals surface area (Å²) in [4.78, 5) is 26.0. The fourth-order valence-corrected chi connectivity index (χ4v) is 2.89. The fourth-order valence-electron chi connectivity index (χ4n) is 2.89. The zero-order chi connectivity index (χ0) is 18.7. The Kier molecular flexibility index (Phi) is 5.16. The number of nitrogens with zero attached hydrogens (tertiary/aromatic N) is 1. The summed E-state index contributed by atoms with van der Waals surface area (Å²) in [5.41, 5.74) is 2.93. The molecule has 6 nitrogen and oxygen atoms in total. The fraction of sp³-hybridized carbons (Fsp3) is 0.200. The Hall–Kier alpha value is -2.96. The van der Waals surface area contributed by atoms with Crippen molar-refractivity contribution >= 4 is 17.5 Å². The van der Waals surface area contributed by atoms with E-state index in [4.69, 9.17) is 0 Å². The normalized spacial score (nSPS) is 15.1. The first-order valence-corrected chi connectivity index (χ1v) is 8.24. The van der Waals surface area contributed by atoms with Gasteiger partial charge in [0, 0.05) is 18.8 Å². The average molecular weight is 352 g/mol. The molecule has 0 radical (unpaired) electrons. The molecule has 1 aliphatic rings. The number of aliphatic hydroxyl groups excluding tert-OH is 2. The largest absolute Gasteiger partial charge is 0.380 e. The lowest BCUT2D eigenvalue weighted by molar-refractivity contribution is -0.153. The van der Waals surface area contributed by atoms with E-state index >= 15 is 0 Å². The average Bonchev–Trinajstić information content (AvgIpc) is 3.11. The molecule has 2 aromatic rings. The molecule has 1 heterocycles. The van der Waals surface area contributed by atoms with Crippen molar-refractivity contribution in [1.82, 2.24) is 10.2 Å². The van der Waals surface area contributed by atoms with Crippen LogP contribution in [0.15, 0.2) is 61.2 Å². The summed E-state index contributed by atoms with van der Waals surface area (Å²) in [6.07, 6.45) is -3.72. The van der Waals surface area contributed by atoms with Crippen molar-refractivity contribution in [2.45, 2.75) is 25.3 Å². The number of hydrogen-bond acceptors (Lipinski definition) is 4. The summed E-state index contributed by atoms with van der Waals surface area (Å²) in [6, 6.07) is 16.4. The SMILES string of the molecule is C=C(NC(=O)C(O)[C@@H](O)C(=O)N1Cc2ccccc2C1)c1ccccc1. The molecule has 134 valence electrons. The first-order chi connectivity index (χ1) is 12.5. The Morgan fingerprint density at radius 2 is 1.46 bits per heavy atom. The van der Waals surface area contributed by atoms with Gasteiger partial charge in [-0.2, -0.15) is 0 Å². The quantitative estimate of drug-likeness (QED) is 0.750. The van der Waals surface area contributed by atoms with Gasteiger partial charge >= 0.3 is 0 Å². The number of hydrogen-bond donors (Lipinski definition) is 3. The Morgan fingerprint density at radius 1 is 0.923 bits per heavy atom. The topological polar surface area (TPSA) is 89.9 Å². The lowest BCUT2D eigenvalue weighted by Gasteiger charge is -2.23. The number of nitrogens with one attached hydrogen (secondary N) is 1. The van der Waals surface area contributed by atoms with Gasteiger partial charge in [0.1, 0.15) is 0 Å². The second-order valence-corrected chi connectivity index (χ2v) is 6.19. The maximum Gasteiger partial charge on any atom is 0.256 e. The molecule has 0 aliphatic carbocycles.